The number of hydrogen-bond donors (Lipinski definition) is 1. The third kappa shape index (κ3) is 4.76. The Morgan fingerprint density at radius 1 is 1.26 bits per heavy atom. The van der Waals surface area contributed by atoms with Gasteiger partial charge in [-0.25, -0.2) is 14.8 Å². The maximum atomic E-state index is 12.9. The summed E-state index contributed by atoms with van der Waals surface area (Å²) in [6.45, 7) is 2.79. The Kier molecular flexibility index (Phi) is 5.25. The first-order valence-corrected chi connectivity index (χ1v) is 9.41. The Balaban J connectivity index is 1.52. The molecule has 11 heteroatoms. The van der Waals surface area contributed by atoms with Crippen LogP contribution in [0.2, 0.25) is 0 Å². The lowest BCUT2D eigenvalue weighted by Gasteiger charge is -2.10. The van der Waals surface area contributed by atoms with Crippen LogP contribution in [0.4, 0.5) is 29.6 Å². The molecule has 1 atom stereocenters. The number of amides is 1. The number of nitrogens with one attached hydrogen (secondary N) is 1. The van der Waals surface area contributed by atoms with Gasteiger partial charge in [-0.05, 0) is 36.2 Å². The molecule has 1 aliphatic rings. The summed E-state index contributed by atoms with van der Waals surface area (Å²) in [6.07, 6.45) is -0.618. The summed E-state index contributed by atoms with van der Waals surface area (Å²) in [5.74, 6) is -0.144. The number of anilines is 2. The molecule has 3 heterocycles. The van der Waals surface area contributed by atoms with Crippen molar-refractivity contribution in [2.45, 2.75) is 25.7 Å². The van der Waals surface area contributed by atoms with Gasteiger partial charge in [-0.1, -0.05) is 6.07 Å². The molecule has 1 unspecified atom stereocenters. The zero-order valence-electron chi connectivity index (χ0n) is 16.7. The van der Waals surface area contributed by atoms with Gasteiger partial charge < -0.3 is 15.0 Å². The minimum atomic E-state index is -4.55. The smallest absolute Gasteiger partial charge is 0.433 e. The van der Waals surface area contributed by atoms with Gasteiger partial charge in [0.15, 0.2) is 0 Å². The number of cyclic esters (lactones) is 1. The second-order valence-electron chi connectivity index (χ2n) is 7.31. The first kappa shape index (κ1) is 20.6. The molecule has 162 valence electrons. The van der Waals surface area contributed by atoms with Crippen molar-refractivity contribution in [3.63, 3.8) is 0 Å². The van der Waals surface area contributed by atoms with E-state index < -0.39 is 11.9 Å². The minimum absolute atomic E-state index is 0.144. The van der Waals surface area contributed by atoms with Crippen molar-refractivity contribution in [2.24, 2.45) is 0 Å². The van der Waals surface area contributed by atoms with Crippen LogP contribution in [0.3, 0.4) is 0 Å². The first-order chi connectivity index (χ1) is 14.7. The van der Waals surface area contributed by atoms with Gasteiger partial charge in [0.25, 0.3) is 0 Å². The number of alkyl halides is 3. The van der Waals surface area contributed by atoms with Gasteiger partial charge in [-0.15, -0.1) is 0 Å². The third-order valence-electron chi connectivity index (χ3n) is 4.69. The third-order valence-corrected chi connectivity index (χ3v) is 4.69. The summed E-state index contributed by atoms with van der Waals surface area (Å²) < 4.78 is 45.6. The Bertz CT molecular complexity index is 1110. The Morgan fingerprint density at radius 3 is 2.77 bits per heavy atom. The molecule has 1 N–H and O–H groups in total. The average molecular weight is 432 g/mol. The van der Waals surface area contributed by atoms with Crippen LogP contribution in [-0.2, 0) is 17.5 Å². The monoisotopic (exact) mass is 432 g/mol. The maximum Gasteiger partial charge on any atom is 0.433 e. The Morgan fingerprint density at radius 2 is 2.06 bits per heavy atom. The summed E-state index contributed by atoms with van der Waals surface area (Å²) in [5, 5.41) is 7.16. The highest BCUT2D eigenvalue weighted by atomic mass is 19.4. The molecule has 1 saturated heterocycles. The van der Waals surface area contributed by atoms with E-state index in [1.54, 1.807) is 30.1 Å². The van der Waals surface area contributed by atoms with E-state index in [1.165, 1.54) is 4.90 Å². The van der Waals surface area contributed by atoms with Crippen LogP contribution in [0.5, 0.6) is 0 Å². The molecule has 2 aromatic heterocycles. The molecular weight excluding hydrogens is 413 g/mol. The largest absolute Gasteiger partial charge is 0.442 e. The van der Waals surface area contributed by atoms with Gasteiger partial charge in [-0.3, -0.25) is 4.68 Å². The van der Waals surface area contributed by atoms with Crippen LogP contribution >= 0.6 is 0 Å². The molecule has 0 spiro atoms. The molecule has 1 aromatic carbocycles. The number of likely N-dealkylation sites (N-methyl/N-ethyl adjacent to an activating group) is 1. The minimum Gasteiger partial charge on any atom is -0.442 e. The van der Waals surface area contributed by atoms with Crippen molar-refractivity contribution in [1.82, 2.24) is 24.6 Å². The number of nitrogens with zero attached hydrogens (tertiary/aromatic N) is 5. The van der Waals surface area contributed by atoms with E-state index >= 15 is 0 Å². The lowest BCUT2D eigenvalue weighted by Crippen LogP contribution is -2.22. The highest BCUT2D eigenvalue weighted by Gasteiger charge is 2.33. The molecule has 1 aliphatic heterocycles. The van der Waals surface area contributed by atoms with Crippen molar-refractivity contribution in [2.75, 3.05) is 18.9 Å². The van der Waals surface area contributed by atoms with Crippen molar-refractivity contribution >= 4 is 17.7 Å². The number of hydrogen-bond acceptors (Lipinski definition) is 6. The van der Waals surface area contributed by atoms with E-state index in [0.29, 0.717) is 18.8 Å². The van der Waals surface area contributed by atoms with E-state index in [0.717, 1.165) is 29.0 Å². The van der Waals surface area contributed by atoms with Crippen LogP contribution in [0, 0.1) is 6.92 Å². The number of ether oxygens (including phenoxy) is 1. The molecule has 0 bridgehead atoms. The van der Waals surface area contributed by atoms with Crippen LogP contribution in [0.25, 0.3) is 11.1 Å². The van der Waals surface area contributed by atoms with Crippen molar-refractivity contribution in [3.8, 4) is 11.1 Å². The fraction of sp³-hybridized carbons (Fsp3) is 0.300. The molecular formula is C20H19F3N6O2. The van der Waals surface area contributed by atoms with Crippen LogP contribution in [-0.4, -0.2) is 50.4 Å². The van der Waals surface area contributed by atoms with E-state index in [2.05, 4.69) is 20.4 Å². The van der Waals surface area contributed by atoms with Crippen LogP contribution in [0.1, 0.15) is 11.3 Å². The van der Waals surface area contributed by atoms with Crippen molar-refractivity contribution in [3.05, 3.63) is 54.1 Å². The fourth-order valence-corrected chi connectivity index (χ4v) is 3.29. The molecule has 31 heavy (non-hydrogen) atoms. The van der Waals surface area contributed by atoms with E-state index in [4.69, 9.17) is 4.74 Å². The van der Waals surface area contributed by atoms with Gasteiger partial charge >= 0.3 is 12.3 Å². The summed E-state index contributed by atoms with van der Waals surface area (Å²) >= 11 is 0. The van der Waals surface area contributed by atoms with Gasteiger partial charge in [0.1, 0.15) is 11.8 Å². The number of carbonyl (C=O) groups is 1. The second-order valence-corrected chi connectivity index (χ2v) is 7.31. The first-order valence-electron chi connectivity index (χ1n) is 9.41. The fourth-order valence-electron chi connectivity index (χ4n) is 3.29. The quantitative estimate of drug-likeness (QED) is 0.659. The maximum absolute atomic E-state index is 12.9. The standard InChI is InChI=1S/C20H19F3N6O2/c1-12-5-13(14-8-25-29(9-14)11-16-10-28(2)19(30)31-16)7-15(6-12)26-18-24-4-3-17(27-18)20(21,22)23/h3-9,16H,10-11H2,1-2H3,(H,24,26,27). The molecule has 0 saturated carbocycles. The predicted octanol–water partition coefficient (Wildman–Crippen LogP) is 3.86. The number of halogens is 3. The molecule has 0 aliphatic carbocycles. The molecule has 3 aromatic rings. The molecule has 4 rings (SSSR count). The van der Waals surface area contributed by atoms with Gasteiger partial charge in [0.05, 0.1) is 19.3 Å². The van der Waals surface area contributed by atoms with Crippen LogP contribution < -0.4 is 5.32 Å². The van der Waals surface area contributed by atoms with Gasteiger partial charge in [-0.2, -0.15) is 18.3 Å². The van der Waals surface area contributed by atoms with E-state index in [-0.39, 0.29) is 18.1 Å². The Labute approximate surface area is 175 Å². The predicted molar refractivity (Wildman–Crippen MR) is 106 cm³/mol. The van der Waals surface area contributed by atoms with Crippen LogP contribution in [0.15, 0.2) is 42.9 Å². The number of rotatable bonds is 5. The highest BCUT2D eigenvalue weighted by molar-refractivity contribution is 5.70. The number of aryl methyl sites for hydroxylation is 1. The lowest BCUT2D eigenvalue weighted by molar-refractivity contribution is -0.141. The number of carbonyl (C=O) groups excluding carboxylic acids is 1. The van der Waals surface area contributed by atoms with E-state index in [1.807, 2.05) is 19.2 Å². The highest BCUT2D eigenvalue weighted by Crippen LogP contribution is 2.29. The Hall–Kier alpha value is -3.63. The molecule has 0 radical (unpaired) electrons. The summed E-state index contributed by atoms with van der Waals surface area (Å²) in [6, 6.07) is 6.32. The number of benzene rings is 1. The second kappa shape index (κ2) is 7.89. The van der Waals surface area contributed by atoms with E-state index in [9.17, 15) is 18.0 Å². The average Bonchev–Trinajstić information content (AvgIpc) is 3.27. The molecule has 1 amide bonds. The zero-order chi connectivity index (χ0) is 22.2. The molecule has 1 fully saturated rings. The van der Waals surface area contributed by atoms with Crippen molar-refractivity contribution < 1.29 is 22.7 Å². The SMILES string of the molecule is Cc1cc(Nc2nccc(C(F)(F)F)n2)cc(-c2cnn(CC3CN(C)C(=O)O3)c2)c1. The summed E-state index contributed by atoms with van der Waals surface area (Å²) in [7, 11) is 1.67. The van der Waals surface area contributed by atoms with Gasteiger partial charge in [0, 0.05) is 30.7 Å². The topological polar surface area (TPSA) is 85.2 Å². The van der Waals surface area contributed by atoms with Gasteiger partial charge in [0.2, 0.25) is 5.95 Å². The molecule has 8 nitrogen and oxygen atoms in total. The zero-order valence-corrected chi connectivity index (χ0v) is 16.7. The number of aromatic nitrogens is 4. The summed E-state index contributed by atoms with van der Waals surface area (Å²) in [5.41, 5.74) is 2.06. The normalized spacial score (nSPS) is 16.5. The lowest BCUT2D eigenvalue weighted by atomic mass is 10.1. The van der Waals surface area contributed by atoms with Crippen molar-refractivity contribution in [1.29, 1.82) is 0 Å². The summed E-state index contributed by atoms with van der Waals surface area (Å²) in [4.78, 5) is 20.4.